The first-order valence-electron chi connectivity index (χ1n) is 4.38. The predicted octanol–water partition coefficient (Wildman–Crippen LogP) is 2.95. The van der Waals surface area contributed by atoms with Crippen molar-refractivity contribution in [3.63, 3.8) is 0 Å². The summed E-state index contributed by atoms with van der Waals surface area (Å²) in [5, 5.41) is 9.76. The summed E-state index contributed by atoms with van der Waals surface area (Å²) in [5.41, 5.74) is 2.92. The Morgan fingerprint density at radius 3 is 2.50 bits per heavy atom. The van der Waals surface area contributed by atoms with Crippen LogP contribution in [0.25, 0.3) is 0 Å². The van der Waals surface area contributed by atoms with Crippen molar-refractivity contribution in [2.75, 3.05) is 0 Å². The van der Waals surface area contributed by atoms with Crippen LogP contribution in [-0.4, -0.2) is 10.9 Å². The molecule has 0 saturated carbocycles. The molecule has 0 atom stereocenters. The van der Waals surface area contributed by atoms with Gasteiger partial charge in [0, 0.05) is 5.56 Å². The summed E-state index contributed by atoms with van der Waals surface area (Å²) >= 11 is 5.71. The first-order chi connectivity index (χ1) is 6.49. The second kappa shape index (κ2) is 4.01. The van der Waals surface area contributed by atoms with E-state index in [9.17, 15) is 9.90 Å². The Kier molecular flexibility index (Phi) is 3.17. The smallest absolute Gasteiger partial charge is 0.163 e. The van der Waals surface area contributed by atoms with Gasteiger partial charge in [0.25, 0.3) is 0 Å². The number of halogens is 1. The summed E-state index contributed by atoms with van der Waals surface area (Å²) in [6.07, 6.45) is 0. The molecule has 1 N–H and O–H groups in total. The Labute approximate surface area is 88.5 Å². The molecule has 0 fully saturated rings. The number of phenols is 1. The number of carbonyl (C=O) groups excluding carboxylic acids is 1. The van der Waals surface area contributed by atoms with Gasteiger partial charge in [-0.25, -0.2) is 0 Å². The van der Waals surface area contributed by atoms with E-state index in [0.717, 1.165) is 11.1 Å². The number of aromatic hydroxyl groups is 1. The third-order valence-electron chi connectivity index (χ3n) is 2.46. The molecule has 2 nitrogen and oxygen atoms in total. The molecule has 0 aromatic heterocycles. The zero-order chi connectivity index (χ0) is 10.9. The van der Waals surface area contributed by atoms with E-state index in [-0.39, 0.29) is 17.4 Å². The number of hydrogen-bond acceptors (Lipinski definition) is 2. The minimum Gasteiger partial charge on any atom is -0.507 e. The van der Waals surface area contributed by atoms with Crippen LogP contribution in [0.1, 0.15) is 34.0 Å². The van der Waals surface area contributed by atoms with Crippen LogP contribution < -0.4 is 0 Å². The minimum atomic E-state index is -0.142. The first-order valence-corrected chi connectivity index (χ1v) is 4.91. The van der Waals surface area contributed by atoms with Crippen LogP contribution in [0, 0.1) is 13.8 Å². The predicted molar refractivity (Wildman–Crippen MR) is 57.1 cm³/mol. The van der Waals surface area contributed by atoms with Gasteiger partial charge in [-0.3, -0.25) is 4.79 Å². The van der Waals surface area contributed by atoms with E-state index in [1.54, 1.807) is 6.07 Å². The molecule has 0 spiro atoms. The minimum absolute atomic E-state index is 0.0237. The Bertz CT molecular complexity index is 383. The normalized spacial score (nSPS) is 10.3. The van der Waals surface area contributed by atoms with Gasteiger partial charge in [0.1, 0.15) is 5.75 Å². The number of rotatable bonds is 2. The second-order valence-electron chi connectivity index (χ2n) is 3.38. The summed E-state index contributed by atoms with van der Waals surface area (Å²) in [6, 6.07) is 1.70. The number of Topliss-reactive ketones (excluding diaryl/α,β-unsaturated/α-hetero) is 1. The van der Waals surface area contributed by atoms with Crippen LogP contribution in [0.15, 0.2) is 6.07 Å². The highest BCUT2D eigenvalue weighted by molar-refractivity contribution is 6.17. The highest BCUT2D eigenvalue weighted by atomic mass is 35.5. The fraction of sp³-hybridized carbons (Fsp3) is 0.364. The van der Waals surface area contributed by atoms with Crippen LogP contribution in [0.2, 0.25) is 0 Å². The molecule has 1 rings (SSSR count). The molecule has 3 heteroatoms. The molecule has 14 heavy (non-hydrogen) atoms. The van der Waals surface area contributed by atoms with E-state index in [0.29, 0.717) is 11.1 Å². The third-order valence-corrected chi connectivity index (χ3v) is 2.73. The summed E-state index contributed by atoms with van der Waals surface area (Å²) < 4.78 is 0. The first kappa shape index (κ1) is 11.1. The van der Waals surface area contributed by atoms with Crippen LogP contribution in [0.3, 0.4) is 0 Å². The lowest BCUT2D eigenvalue weighted by Gasteiger charge is -2.11. The molecule has 76 valence electrons. The molecule has 0 heterocycles. The summed E-state index contributed by atoms with van der Waals surface area (Å²) in [5.74, 6) is 0.104. The molecule has 0 aliphatic heterocycles. The van der Waals surface area contributed by atoms with Gasteiger partial charge in [0.2, 0.25) is 0 Å². The SMILES string of the molecule is CC(=O)c1cc(C)c(C)c(CCl)c1O. The fourth-order valence-corrected chi connectivity index (χ4v) is 1.73. The molecule has 0 aliphatic carbocycles. The monoisotopic (exact) mass is 212 g/mol. The molecule has 0 unspecified atom stereocenters. The molecule has 1 aromatic carbocycles. The highest BCUT2D eigenvalue weighted by Gasteiger charge is 2.14. The number of carbonyl (C=O) groups is 1. The van der Waals surface area contributed by atoms with E-state index >= 15 is 0 Å². The number of benzene rings is 1. The van der Waals surface area contributed by atoms with Gasteiger partial charge < -0.3 is 5.11 Å². The van der Waals surface area contributed by atoms with Crippen molar-refractivity contribution in [1.29, 1.82) is 0 Å². The Morgan fingerprint density at radius 2 is 2.07 bits per heavy atom. The van der Waals surface area contributed by atoms with Gasteiger partial charge in [-0.05, 0) is 38.0 Å². The summed E-state index contributed by atoms with van der Waals surface area (Å²) in [7, 11) is 0. The van der Waals surface area contributed by atoms with Gasteiger partial charge in [0.05, 0.1) is 11.4 Å². The standard InChI is InChI=1S/C11H13ClO2/c1-6-4-9(8(3)13)11(14)10(5-12)7(6)2/h4,14H,5H2,1-3H3. The number of aryl methyl sites for hydroxylation is 1. The number of ketones is 1. The van der Waals surface area contributed by atoms with Gasteiger partial charge in [0.15, 0.2) is 5.78 Å². The number of alkyl halides is 1. The summed E-state index contributed by atoms with van der Waals surface area (Å²) in [6.45, 7) is 5.22. The fourth-order valence-electron chi connectivity index (χ4n) is 1.40. The second-order valence-corrected chi connectivity index (χ2v) is 3.65. The topological polar surface area (TPSA) is 37.3 Å². The van der Waals surface area contributed by atoms with Crippen molar-refractivity contribution in [2.45, 2.75) is 26.7 Å². The van der Waals surface area contributed by atoms with Gasteiger partial charge in [-0.15, -0.1) is 11.6 Å². The van der Waals surface area contributed by atoms with E-state index in [2.05, 4.69) is 0 Å². The van der Waals surface area contributed by atoms with Crippen LogP contribution in [0.5, 0.6) is 5.75 Å². The maximum Gasteiger partial charge on any atom is 0.163 e. The molecule has 0 radical (unpaired) electrons. The van der Waals surface area contributed by atoms with Crippen molar-refractivity contribution in [2.24, 2.45) is 0 Å². The van der Waals surface area contributed by atoms with E-state index < -0.39 is 0 Å². The Morgan fingerprint density at radius 1 is 1.50 bits per heavy atom. The van der Waals surface area contributed by atoms with Crippen molar-refractivity contribution >= 4 is 17.4 Å². The van der Waals surface area contributed by atoms with E-state index in [1.165, 1.54) is 6.92 Å². The van der Waals surface area contributed by atoms with Crippen molar-refractivity contribution < 1.29 is 9.90 Å². The quantitative estimate of drug-likeness (QED) is 0.605. The lowest BCUT2D eigenvalue weighted by Crippen LogP contribution is -1.99. The lowest BCUT2D eigenvalue weighted by molar-refractivity contribution is 0.101. The van der Waals surface area contributed by atoms with Crippen molar-refractivity contribution in [3.8, 4) is 5.75 Å². The van der Waals surface area contributed by atoms with Crippen molar-refractivity contribution in [3.05, 3.63) is 28.3 Å². The zero-order valence-corrected chi connectivity index (χ0v) is 9.27. The van der Waals surface area contributed by atoms with E-state index in [1.807, 2.05) is 13.8 Å². The molecule has 1 aromatic rings. The van der Waals surface area contributed by atoms with Gasteiger partial charge in [-0.1, -0.05) is 0 Å². The van der Waals surface area contributed by atoms with Gasteiger partial charge in [-0.2, -0.15) is 0 Å². The molecule has 0 amide bonds. The van der Waals surface area contributed by atoms with E-state index in [4.69, 9.17) is 11.6 Å². The maximum absolute atomic E-state index is 11.2. The van der Waals surface area contributed by atoms with Crippen LogP contribution in [0.4, 0.5) is 0 Å². The van der Waals surface area contributed by atoms with Crippen LogP contribution in [-0.2, 0) is 5.88 Å². The molecule has 0 aliphatic rings. The molecule has 0 bridgehead atoms. The maximum atomic E-state index is 11.2. The summed E-state index contributed by atoms with van der Waals surface area (Å²) in [4.78, 5) is 11.2. The van der Waals surface area contributed by atoms with Crippen molar-refractivity contribution in [1.82, 2.24) is 0 Å². The van der Waals surface area contributed by atoms with Crippen LogP contribution >= 0.6 is 11.6 Å². The molecule has 0 saturated heterocycles. The molecular formula is C11H13ClO2. The zero-order valence-electron chi connectivity index (χ0n) is 8.52. The van der Waals surface area contributed by atoms with Gasteiger partial charge >= 0.3 is 0 Å². The molecular weight excluding hydrogens is 200 g/mol. The highest BCUT2D eigenvalue weighted by Crippen LogP contribution is 2.30. The Hall–Kier alpha value is -1.02. The number of phenolic OH excluding ortho intramolecular Hbond substituents is 1. The average Bonchev–Trinajstić information content (AvgIpc) is 2.12. The largest absolute Gasteiger partial charge is 0.507 e. The number of hydrogen-bond donors (Lipinski definition) is 1. The average molecular weight is 213 g/mol. The lowest BCUT2D eigenvalue weighted by atomic mass is 9.97. The third kappa shape index (κ3) is 1.75. The Balaban J connectivity index is 3.50.